The van der Waals surface area contributed by atoms with E-state index in [-0.39, 0.29) is 42.6 Å². The smallest absolute Gasteiger partial charge is 0.276 e. The van der Waals surface area contributed by atoms with Crippen LogP contribution in [-0.4, -0.2) is 26.6 Å². The van der Waals surface area contributed by atoms with E-state index in [1.807, 2.05) is 0 Å². The van der Waals surface area contributed by atoms with Crippen LogP contribution in [0.15, 0.2) is 71.8 Å². The molecule has 152 valence electrons. The van der Waals surface area contributed by atoms with Gasteiger partial charge in [0.05, 0.1) is 12.1 Å². The van der Waals surface area contributed by atoms with E-state index in [0.29, 0.717) is 22.3 Å². The molecule has 0 aliphatic rings. The Bertz CT molecular complexity index is 1260. The number of rotatable bonds is 6. The molecule has 0 aliphatic carbocycles. The summed E-state index contributed by atoms with van der Waals surface area (Å²) in [7, 11) is 0. The Labute approximate surface area is 170 Å². The van der Waals surface area contributed by atoms with Crippen LogP contribution in [0.5, 0.6) is 0 Å². The van der Waals surface area contributed by atoms with Crippen molar-refractivity contribution in [2.24, 2.45) is 0 Å². The van der Waals surface area contributed by atoms with Gasteiger partial charge < -0.3 is 9.88 Å². The molecule has 30 heavy (non-hydrogen) atoms. The molecule has 0 spiro atoms. The third-order valence-electron chi connectivity index (χ3n) is 4.67. The first-order chi connectivity index (χ1) is 14.5. The largest absolute Gasteiger partial charge is 0.354 e. The highest BCUT2D eigenvalue weighted by Crippen LogP contribution is 2.18. The lowest BCUT2D eigenvalue weighted by molar-refractivity contribution is -0.120. The van der Waals surface area contributed by atoms with Gasteiger partial charge in [-0.3, -0.25) is 9.59 Å². The van der Waals surface area contributed by atoms with Crippen molar-refractivity contribution in [1.82, 2.24) is 19.5 Å². The highest BCUT2D eigenvalue weighted by Gasteiger charge is 2.10. The number of benzene rings is 2. The summed E-state index contributed by atoms with van der Waals surface area (Å²) in [6, 6.07) is 13.4. The molecule has 4 aromatic rings. The van der Waals surface area contributed by atoms with E-state index in [9.17, 15) is 18.4 Å². The fraction of sp³-hybridized carbons (Fsp3) is 0.136. The van der Waals surface area contributed by atoms with Crippen LogP contribution >= 0.6 is 0 Å². The molecule has 2 aromatic carbocycles. The second-order valence-corrected chi connectivity index (χ2v) is 6.82. The first-order valence-electron chi connectivity index (χ1n) is 9.35. The van der Waals surface area contributed by atoms with E-state index in [1.54, 1.807) is 42.7 Å². The third kappa shape index (κ3) is 4.27. The number of carbonyl (C=O) groups is 1. The number of fused-ring (bicyclic) bond motifs is 1. The number of hydrogen-bond donors (Lipinski definition) is 1. The lowest BCUT2D eigenvalue weighted by Crippen LogP contribution is -2.32. The van der Waals surface area contributed by atoms with E-state index in [2.05, 4.69) is 10.4 Å². The molecule has 0 bridgehead atoms. The Hall–Kier alpha value is -3.81. The molecular weight excluding hydrogens is 390 g/mol. The number of nitrogens with one attached hydrogen (secondary N) is 1. The lowest BCUT2D eigenvalue weighted by Gasteiger charge is -2.08. The molecule has 0 unspecified atom stereocenters. The number of carbonyl (C=O) groups excluding carboxylic acids is 1. The summed E-state index contributed by atoms with van der Waals surface area (Å²) in [5.74, 6) is -0.983. The highest BCUT2D eigenvalue weighted by atomic mass is 19.1. The van der Waals surface area contributed by atoms with Crippen molar-refractivity contribution in [2.45, 2.75) is 13.0 Å². The molecule has 6 nitrogen and oxygen atoms in total. The van der Waals surface area contributed by atoms with Crippen LogP contribution in [-0.2, 0) is 17.8 Å². The standard InChI is InChI=1S/C22H18F2N4O2/c23-17-6-4-16(5-7-17)19-14-20-22(30)27(10-11-28(20)26-19)9-8-25-21(29)13-15-2-1-3-18(24)12-15/h1-7,10-12,14H,8-9,13H2,(H,25,29). The van der Waals surface area contributed by atoms with Gasteiger partial charge in [0.25, 0.3) is 5.56 Å². The normalized spacial score (nSPS) is 11.0. The molecule has 2 heterocycles. The maximum Gasteiger partial charge on any atom is 0.276 e. The molecule has 0 fully saturated rings. The van der Waals surface area contributed by atoms with Gasteiger partial charge >= 0.3 is 0 Å². The summed E-state index contributed by atoms with van der Waals surface area (Å²) in [6.45, 7) is 0.532. The third-order valence-corrected chi connectivity index (χ3v) is 4.67. The minimum atomic E-state index is -0.388. The van der Waals surface area contributed by atoms with Gasteiger partial charge in [-0.25, -0.2) is 13.3 Å². The van der Waals surface area contributed by atoms with Crippen molar-refractivity contribution >= 4 is 11.4 Å². The lowest BCUT2D eigenvalue weighted by atomic mass is 10.1. The zero-order valence-electron chi connectivity index (χ0n) is 15.9. The van der Waals surface area contributed by atoms with Gasteiger partial charge in [0.1, 0.15) is 17.2 Å². The molecule has 8 heteroatoms. The average molecular weight is 408 g/mol. The maximum absolute atomic E-state index is 13.2. The summed E-state index contributed by atoms with van der Waals surface area (Å²) in [5.41, 5.74) is 1.98. The maximum atomic E-state index is 13.2. The molecule has 1 amide bonds. The molecule has 1 N–H and O–H groups in total. The first-order valence-corrected chi connectivity index (χ1v) is 9.35. The fourth-order valence-electron chi connectivity index (χ4n) is 3.17. The van der Waals surface area contributed by atoms with Crippen LogP contribution in [0.3, 0.4) is 0 Å². The Morgan fingerprint density at radius 3 is 2.57 bits per heavy atom. The number of amides is 1. The molecule has 0 aliphatic heterocycles. The van der Waals surface area contributed by atoms with Crippen molar-refractivity contribution in [1.29, 1.82) is 0 Å². The van der Waals surface area contributed by atoms with E-state index in [1.165, 1.54) is 33.3 Å². The Balaban J connectivity index is 1.43. The van der Waals surface area contributed by atoms with E-state index >= 15 is 0 Å². The zero-order chi connectivity index (χ0) is 21.1. The summed E-state index contributed by atoms with van der Waals surface area (Å²) in [6.07, 6.45) is 3.31. The van der Waals surface area contributed by atoms with Crippen LogP contribution < -0.4 is 10.9 Å². The van der Waals surface area contributed by atoms with Gasteiger partial charge in [0.15, 0.2) is 0 Å². The molecular formula is C22H18F2N4O2. The van der Waals surface area contributed by atoms with E-state index in [0.717, 1.165) is 0 Å². The van der Waals surface area contributed by atoms with Crippen molar-refractivity contribution in [3.8, 4) is 11.3 Å². The van der Waals surface area contributed by atoms with Crippen LogP contribution in [0.2, 0.25) is 0 Å². The van der Waals surface area contributed by atoms with Crippen molar-refractivity contribution < 1.29 is 13.6 Å². The predicted molar refractivity (Wildman–Crippen MR) is 108 cm³/mol. The highest BCUT2D eigenvalue weighted by molar-refractivity contribution is 5.78. The second kappa shape index (κ2) is 8.28. The summed E-state index contributed by atoms with van der Waals surface area (Å²) in [5, 5.41) is 7.09. The molecule has 0 atom stereocenters. The second-order valence-electron chi connectivity index (χ2n) is 6.82. The van der Waals surface area contributed by atoms with E-state index in [4.69, 9.17) is 0 Å². The Morgan fingerprint density at radius 1 is 1.00 bits per heavy atom. The van der Waals surface area contributed by atoms with Crippen LogP contribution in [0.1, 0.15) is 5.56 Å². The topological polar surface area (TPSA) is 68.4 Å². The monoisotopic (exact) mass is 408 g/mol. The predicted octanol–water partition coefficient (Wildman–Crippen LogP) is 2.80. The van der Waals surface area contributed by atoms with Crippen LogP contribution in [0.4, 0.5) is 8.78 Å². The van der Waals surface area contributed by atoms with Gasteiger partial charge in [0.2, 0.25) is 5.91 Å². The van der Waals surface area contributed by atoms with Gasteiger partial charge in [0, 0.05) is 31.0 Å². The first kappa shape index (κ1) is 19.5. The van der Waals surface area contributed by atoms with Gasteiger partial charge in [-0.15, -0.1) is 0 Å². The molecule has 0 radical (unpaired) electrons. The molecule has 0 saturated heterocycles. The quantitative estimate of drug-likeness (QED) is 0.534. The SMILES string of the molecule is O=C(Cc1cccc(F)c1)NCCn1ccn2nc(-c3ccc(F)cc3)cc2c1=O. The van der Waals surface area contributed by atoms with Crippen molar-refractivity contribution in [3.05, 3.63) is 94.5 Å². The molecule has 2 aromatic heterocycles. The molecule has 4 rings (SSSR count). The average Bonchev–Trinajstić information content (AvgIpc) is 3.15. The zero-order valence-corrected chi connectivity index (χ0v) is 15.9. The van der Waals surface area contributed by atoms with Crippen molar-refractivity contribution in [2.75, 3.05) is 6.54 Å². The van der Waals surface area contributed by atoms with E-state index < -0.39 is 0 Å². The van der Waals surface area contributed by atoms with Gasteiger partial charge in [-0.1, -0.05) is 12.1 Å². The number of nitrogens with zero attached hydrogens (tertiary/aromatic N) is 3. The summed E-state index contributed by atoms with van der Waals surface area (Å²) >= 11 is 0. The fourth-order valence-corrected chi connectivity index (χ4v) is 3.17. The summed E-state index contributed by atoms with van der Waals surface area (Å²) < 4.78 is 29.3. The number of aromatic nitrogens is 3. The van der Waals surface area contributed by atoms with Gasteiger partial charge in [-0.2, -0.15) is 5.10 Å². The minimum Gasteiger partial charge on any atom is -0.354 e. The Morgan fingerprint density at radius 2 is 1.80 bits per heavy atom. The Kier molecular flexibility index (Phi) is 5.38. The summed E-state index contributed by atoms with van der Waals surface area (Å²) in [4.78, 5) is 24.8. The van der Waals surface area contributed by atoms with Crippen LogP contribution in [0, 0.1) is 11.6 Å². The minimum absolute atomic E-state index is 0.0648. The molecule has 0 saturated carbocycles. The van der Waals surface area contributed by atoms with Crippen molar-refractivity contribution in [3.63, 3.8) is 0 Å². The van der Waals surface area contributed by atoms with Crippen LogP contribution in [0.25, 0.3) is 16.8 Å². The number of hydrogen-bond acceptors (Lipinski definition) is 3. The van der Waals surface area contributed by atoms with Gasteiger partial charge in [-0.05, 0) is 48.0 Å². The number of halogens is 2.